The summed E-state index contributed by atoms with van der Waals surface area (Å²) in [5.74, 6) is 0.643. The third-order valence-corrected chi connectivity index (χ3v) is 2.93. The van der Waals surface area contributed by atoms with Gasteiger partial charge in [-0.05, 0) is 26.2 Å². The van der Waals surface area contributed by atoms with Gasteiger partial charge in [0, 0.05) is 13.0 Å². The summed E-state index contributed by atoms with van der Waals surface area (Å²) in [6, 6.07) is 0. The average Bonchev–Trinajstić information content (AvgIpc) is 2.13. The number of hydrogen-bond acceptors (Lipinski definition) is 2. The molecular formula is C12H23NO2. The van der Waals surface area contributed by atoms with Gasteiger partial charge >= 0.3 is 0 Å². The zero-order chi connectivity index (χ0) is 11.3. The zero-order valence-electron chi connectivity index (χ0n) is 10.1. The summed E-state index contributed by atoms with van der Waals surface area (Å²) in [6.07, 6.45) is 3.98. The lowest BCUT2D eigenvalue weighted by atomic mass is 9.95. The van der Waals surface area contributed by atoms with Gasteiger partial charge in [-0.2, -0.15) is 0 Å². The molecule has 0 aromatic carbocycles. The monoisotopic (exact) mass is 213 g/mol. The minimum Gasteiger partial charge on any atom is -0.374 e. The highest BCUT2D eigenvalue weighted by Gasteiger charge is 2.20. The van der Waals surface area contributed by atoms with E-state index in [9.17, 15) is 4.79 Å². The van der Waals surface area contributed by atoms with Crippen LogP contribution in [0, 0.1) is 5.92 Å². The van der Waals surface area contributed by atoms with Gasteiger partial charge < -0.3 is 10.1 Å². The summed E-state index contributed by atoms with van der Waals surface area (Å²) in [4.78, 5) is 11.4. The molecule has 0 radical (unpaired) electrons. The third-order valence-electron chi connectivity index (χ3n) is 2.93. The fourth-order valence-electron chi connectivity index (χ4n) is 1.96. The van der Waals surface area contributed by atoms with E-state index in [-0.39, 0.29) is 11.5 Å². The zero-order valence-corrected chi connectivity index (χ0v) is 10.1. The first-order valence-corrected chi connectivity index (χ1v) is 5.90. The maximum atomic E-state index is 11.4. The van der Waals surface area contributed by atoms with E-state index in [4.69, 9.17) is 4.74 Å². The largest absolute Gasteiger partial charge is 0.374 e. The first-order valence-electron chi connectivity index (χ1n) is 5.90. The van der Waals surface area contributed by atoms with Crippen LogP contribution in [-0.2, 0) is 9.53 Å². The second-order valence-electron chi connectivity index (χ2n) is 5.16. The lowest BCUT2D eigenvalue weighted by Crippen LogP contribution is -2.31. The molecule has 1 aliphatic heterocycles. The van der Waals surface area contributed by atoms with Crippen LogP contribution < -0.4 is 5.32 Å². The first-order chi connectivity index (χ1) is 6.99. The molecule has 1 unspecified atom stereocenters. The van der Waals surface area contributed by atoms with E-state index in [0.29, 0.717) is 25.5 Å². The molecule has 1 atom stereocenters. The number of rotatable bonds is 0. The van der Waals surface area contributed by atoms with E-state index >= 15 is 0 Å². The van der Waals surface area contributed by atoms with Crippen molar-refractivity contribution in [2.45, 2.75) is 52.1 Å². The van der Waals surface area contributed by atoms with Crippen LogP contribution in [0.3, 0.4) is 0 Å². The molecule has 0 aliphatic carbocycles. The second-order valence-corrected chi connectivity index (χ2v) is 5.16. The van der Waals surface area contributed by atoms with Gasteiger partial charge in [0.1, 0.15) is 0 Å². The minimum atomic E-state index is -0.0468. The van der Waals surface area contributed by atoms with Gasteiger partial charge in [-0.1, -0.05) is 19.8 Å². The summed E-state index contributed by atoms with van der Waals surface area (Å²) in [7, 11) is 0. The minimum absolute atomic E-state index is 0.0468. The third kappa shape index (κ3) is 5.17. The quantitative estimate of drug-likeness (QED) is 0.669. The maximum absolute atomic E-state index is 11.4. The van der Waals surface area contributed by atoms with Crippen LogP contribution in [-0.4, -0.2) is 24.7 Å². The Hall–Kier alpha value is -0.570. The summed E-state index contributed by atoms with van der Waals surface area (Å²) in [6.45, 7) is 7.64. The molecule has 1 N–H and O–H groups in total. The van der Waals surface area contributed by atoms with E-state index < -0.39 is 0 Å². The van der Waals surface area contributed by atoms with Crippen LogP contribution in [0.4, 0.5) is 0 Å². The Balaban J connectivity index is 2.47. The van der Waals surface area contributed by atoms with Gasteiger partial charge in [0.15, 0.2) is 0 Å². The fourth-order valence-corrected chi connectivity index (χ4v) is 1.96. The predicted molar refractivity (Wildman–Crippen MR) is 60.7 cm³/mol. The molecule has 0 saturated carbocycles. The normalized spacial score (nSPS) is 29.0. The lowest BCUT2D eigenvalue weighted by Gasteiger charge is -2.25. The highest BCUT2D eigenvalue weighted by atomic mass is 16.5. The van der Waals surface area contributed by atoms with Crippen molar-refractivity contribution in [1.82, 2.24) is 5.32 Å². The van der Waals surface area contributed by atoms with E-state index in [1.54, 1.807) is 0 Å². The Labute approximate surface area is 92.6 Å². The van der Waals surface area contributed by atoms with Crippen molar-refractivity contribution in [1.29, 1.82) is 0 Å². The molecule has 3 nitrogen and oxygen atoms in total. The van der Waals surface area contributed by atoms with Gasteiger partial charge in [-0.3, -0.25) is 4.79 Å². The van der Waals surface area contributed by atoms with Crippen molar-refractivity contribution in [2.24, 2.45) is 5.92 Å². The molecule has 88 valence electrons. The number of carbonyl (C=O) groups excluding carboxylic acids is 1. The molecule has 1 aliphatic rings. The second kappa shape index (κ2) is 5.50. The van der Waals surface area contributed by atoms with Gasteiger partial charge in [0.2, 0.25) is 5.91 Å². The Morgan fingerprint density at radius 2 is 2.20 bits per heavy atom. The molecule has 0 aromatic heterocycles. The van der Waals surface area contributed by atoms with Gasteiger partial charge in [0.05, 0.1) is 12.2 Å². The molecular weight excluding hydrogens is 190 g/mol. The first kappa shape index (κ1) is 12.5. The molecule has 1 heterocycles. The molecule has 15 heavy (non-hydrogen) atoms. The Bertz CT molecular complexity index is 214. The molecule has 0 aromatic rings. The number of carbonyl (C=O) groups is 1. The molecule has 3 heteroatoms. The van der Waals surface area contributed by atoms with E-state index in [2.05, 4.69) is 26.1 Å². The van der Waals surface area contributed by atoms with Crippen molar-refractivity contribution in [2.75, 3.05) is 13.2 Å². The van der Waals surface area contributed by atoms with E-state index in [1.807, 2.05) is 0 Å². The van der Waals surface area contributed by atoms with Crippen LogP contribution in [0.5, 0.6) is 0 Å². The average molecular weight is 213 g/mol. The summed E-state index contributed by atoms with van der Waals surface area (Å²) < 4.78 is 5.73. The molecule has 1 rings (SSSR count). The summed E-state index contributed by atoms with van der Waals surface area (Å²) in [5.41, 5.74) is -0.0468. The van der Waals surface area contributed by atoms with Gasteiger partial charge in [-0.15, -0.1) is 0 Å². The highest BCUT2D eigenvalue weighted by Crippen LogP contribution is 2.21. The Morgan fingerprint density at radius 3 is 2.93 bits per heavy atom. The van der Waals surface area contributed by atoms with Crippen LogP contribution in [0.1, 0.15) is 46.5 Å². The van der Waals surface area contributed by atoms with Gasteiger partial charge in [-0.25, -0.2) is 0 Å². The van der Waals surface area contributed by atoms with E-state index in [1.165, 1.54) is 0 Å². The smallest absolute Gasteiger partial charge is 0.220 e. The maximum Gasteiger partial charge on any atom is 0.220 e. The van der Waals surface area contributed by atoms with E-state index in [0.717, 1.165) is 19.3 Å². The van der Waals surface area contributed by atoms with Crippen molar-refractivity contribution >= 4 is 5.91 Å². The lowest BCUT2D eigenvalue weighted by molar-refractivity contribution is -0.122. The number of ether oxygens (including phenoxy) is 1. The highest BCUT2D eigenvalue weighted by molar-refractivity contribution is 5.76. The van der Waals surface area contributed by atoms with Gasteiger partial charge in [0.25, 0.3) is 0 Å². The van der Waals surface area contributed by atoms with Crippen molar-refractivity contribution < 1.29 is 9.53 Å². The molecule has 1 amide bonds. The fraction of sp³-hybridized carbons (Fsp3) is 0.917. The Morgan fingerprint density at radius 1 is 1.47 bits per heavy atom. The number of hydrogen-bond donors (Lipinski definition) is 1. The molecule has 1 saturated heterocycles. The molecule has 1 fully saturated rings. The Kier molecular flexibility index (Phi) is 4.58. The SMILES string of the molecule is CC1CCCC(C)(C)OCCNC(=O)C1. The number of nitrogens with one attached hydrogen (secondary N) is 1. The molecule has 0 bridgehead atoms. The standard InChI is InChI=1S/C12H23NO2/c1-10-5-4-6-12(2,3)15-8-7-13-11(14)9-10/h10H,4-9H2,1-3H3,(H,13,14). The molecule has 0 spiro atoms. The van der Waals surface area contributed by atoms with Crippen LogP contribution >= 0.6 is 0 Å². The van der Waals surface area contributed by atoms with Crippen LogP contribution in [0.2, 0.25) is 0 Å². The predicted octanol–water partition coefficient (Wildman–Crippen LogP) is 2.11. The topological polar surface area (TPSA) is 38.3 Å². The van der Waals surface area contributed by atoms with Crippen LogP contribution in [0.15, 0.2) is 0 Å². The number of amides is 1. The van der Waals surface area contributed by atoms with Crippen molar-refractivity contribution in [3.05, 3.63) is 0 Å². The summed E-state index contributed by atoms with van der Waals surface area (Å²) in [5, 5.41) is 2.88. The van der Waals surface area contributed by atoms with Crippen molar-refractivity contribution in [3.63, 3.8) is 0 Å². The van der Waals surface area contributed by atoms with Crippen molar-refractivity contribution in [3.8, 4) is 0 Å². The summed E-state index contributed by atoms with van der Waals surface area (Å²) >= 11 is 0. The van der Waals surface area contributed by atoms with Crippen LogP contribution in [0.25, 0.3) is 0 Å².